The monoisotopic (exact) mass is 380 g/mol. The molecule has 0 aliphatic heterocycles. The number of benzene rings is 2. The highest BCUT2D eigenvalue weighted by molar-refractivity contribution is 5.92. The average molecular weight is 380 g/mol. The van der Waals surface area contributed by atoms with Crippen LogP contribution in [0.3, 0.4) is 0 Å². The molecule has 148 valence electrons. The van der Waals surface area contributed by atoms with Crippen LogP contribution in [0.1, 0.15) is 33.5 Å². The number of nitrogens with one attached hydrogen (secondary N) is 1. The number of hydrogen-bond acceptors (Lipinski definition) is 3. The highest BCUT2D eigenvalue weighted by Gasteiger charge is 2.17. The maximum absolute atomic E-state index is 12.9. The minimum atomic E-state index is -0.453. The number of nitrogens with two attached hydrogens (primary N) is 1. The molecule has 0 fully saturated rings. The van der Waals surface area contributed by atoms with Crippen molar-refractivity contribution in [2.45, 2.75) is 25.8 Å². The molecule has 0 atom stereocenters. The van der Waals surface area contributed by atoms with Gasteiger partial charge in [0.25, 0.3) is 0 Å². The predicted molar refractivity (Wildman–Crippen MR) is 111 cm³/mol. The Balaban J connectivity index is 1.70. The van der Waals surface area contributed by atoms with Crippen LogP contribution in [-0.4, -0.2) is 48.9 Å². The second kappa shape index (κ2) is 8.89. The third-order valence-electron chi connectivity index (χ3n) is 5.07. The fraction of sp³-hybridized carbons (Fsp3) is 0.364. The molecule has 3 amide bonds. The van der Waals surface area contributed by atoms with E-state index < -0.39 is 5.91 Å². The van der Waals surface area contributed by atoms with Crippen LogP contribution in [0.2, 0.25) is 0 Å². The molecule has 6 nitrogen and oxygen atoms in total. The van der Waals surface area contributed by atoms with Crippen LogP contribution in [0.25, 0.3) is 0 Å². The lowest BCUT2D eigenvalue weighted by Crippen LogP contribution is -2.39. The van der Waals surface area contributed by atoms with E-state index in [4.69, 9.17) is 5.73 Å². The highest BCUT2D eigenvalue weighted by Crippen LogP contribution is 2.25. The summed E-state index contributed by atoms with van der Waals surface area (Å²) in [5.74, 6) is -0.453. The van der Waals surface area contributed by atoms with E-state index in [1.807, 2.05) is 37.2 Å². The highest BCUT2D eigenvalue weighted by atomic mass is 16.2. The van der Waals surface area contributed by atoms with E-state index in [-0.39, 0.29) is 6.03 Å². The fourth-order valence-electron chi connectivity index (χ4n) is 3.42. The number of likely N-dealkylation sites (N-methyl/N-ethyl adjacent to an activating group) is 1. The Morgan fingerprint density at radius 1 is 1.00 bits per heavy atom. The topological polar surface area (TPSA) is 78.7 Å². The molecule has 1 aliphatic carbocycles. The summed E-state index contributed by atoms with van der Waals surface area (Å²) < 4.78 is 0. The molecule has 0 heterocycles. The Bertz CT molecular complexity index is 846. The molecule has 0 bridgehead atoms. The van der Waals surface area contributed by atoms with Gasteiger partial charge in [-0.2, -0.15) is 0 Å². The maximum Gasteiger partial charge on any atom is 0.322 e. The van der Waals surface area contributed by atoms with E-state index in [9.17, 15) is 9.59 Å². The molecule has 28 heavy (non-hydrogen) atoms. The number of urea groups is 1. The molecule has 0 saturated carbocycles. The standard InChI is InChI=1S/C22H28N4O2/c1-25(2)12-13-26(15-16-6-8-18(9-7-16)21(23)27)22(28)24-20-11-10-17-4-3-5-19(17)14-20/h6-11,14H,3-5,12-13,15H2,1-2H3,(H2,23,27)(H,24,28). The van der Waals surface area contributed by atoms with Crippen molar-refractivity contribution in [3.63, 3.8) is 0 Å². The molecular weight excluding hydrogens is 352 g/mol. The van der Waals surface area contributed by atoms with Gasteiger partial charge in [0, 0.05) is 30.9 Å². The van der Waals surface area contributed by atoms with E-state index in [0.717, 1.165) is 30.6 Å². The lowest BCUT2D eigenvalue weighted by molar-refractivity contribution is 0.1000. The summed E-state index contributed by atoms with van der Waals surface area (Å²) >= 11 is 0. The van der Waals surface area contributed by atoms with Gasteiger partial charge in [-0.15, -0.1) is 0 Å². The first-order valence-corrected chi connectivity index (χ1v) is 9.63. The molecule has 0 radical (unpaired) electrons. The normalized spacial score (nSPS) is 12.7. The van der Waals surface area contributed by atoms with E-state index in [0.29, 0.717) is 18.7 Å². The largest absolute Gasteiger partial charge is 0.366 e. The van der Waals surface area contributed by atoms with E-state index in [1.165, 1.54) is 17.5 Å². The van der Waals surface area contributed by atoms with E-state index in [2.05, 4.69) is 17.4 Å². The van der Waals surface area contributed by atoms with Crippen molar-refractivity contribution in [2.24, 2.45) is 5.73 Å². The molecule has 2 aromatic carbocycles. The van der Waals surface area contributed by atoms with Gasteiger partial charge in [-0.05, 0) is 74.3 Å². The third-order valence-corrected chi connectivity index (χ3v) is 5.07. The van der Waals surface area contributed by atoms with Gasteiger partial charge in [-0.1, -0.05) is 18.2 Å². The number of primary amides is 1. The smallest absolute Gasteiger partial charge is 0.322 e. The fourth-order valence-corrected chi connectivity index (χ4v) is 3.42. The first kappa shape index (κ1) is 19.9. The number of carbonyl (C=O) groups is 2. The number of rotatable bonds is 7. The molecule has 0 unspecified atom stereocenters. The second-order valence-electron chi connectivity index (χ2n) is 7.55. The summed E-state index contributed by atoms with van der Waals surface area (Å²) in [6.45, 7) is 1.82. The molecular formula is C22H28N4O2. The zero-order chi connectivity index (χ0) is 20.1. The van der Waals surface area contributed by atoms with Crippen molar-refractivity contribution in [1.82, 2.24) is 9.80 Å². The van der Waals surface area contributed by atoms with Crippen molar-refractivity contribution >= 4 is 17.6 Å². The average Bonchev–Trinajstić information content (AvgIpc) is 3.13. The summed E-state index contributed by atoms with van der Waals surface area (Å²) in [5.41, 5.74) is 10.3. The van der Waals surface area contributed by atoms with Crippen LogP contribution in [0.15, 0.2) is 42.5 Å². The number of amides is 3. The molecule has 3 rings (SSSR count). The summed E-state index contributed by atoms with van der Waals surface area (Å²) in [6, 6.07) is 13.1. The Kier molecular flexibility index (Phi) is 6.31. The predicted octanol–water partition coefficient (Wildman–Crippen LogP) is 2.87. The van der Waals surface area contributed by atoms with Crippen LogP contribution >= 0.6 is 0 Å². The SMILES string of the molecule is CN(C)CCN(Cc1ccc(C(N)=O)cc1)C(=O)Nc1ccc2c(c1)CCC2. The van der Waals surface area contributed by atoms with Crippen LogP contribution < -0.4 is 11.1 Å². The minimum Gasteiger partial charge on any atom is -0.366 e. The van der Waals surface area contributed by atoms with Crippen molar-refractivity contribution in [3.05, 3.63) is 64.7 Å². The first-order valence-electron chi connectivity index (χ1n) is 9.63. The van der Waals surface area contributed by atoms with Gasteiger partial charge in [0.15, 0.2) is 0 Å². The Labute approximate surface area is 166 Å². The van der Waals surface area contributed by atoms with Gasteiger partial charge >= 0.3 is 6.03 Å². The first-order chi connectivity index (χ1) is 13.4. The van der Waals surface area contributed by atoms with Crippen molar-refractivity contribution in [1.29, 1.82) is 0 Å². The van der Waals surface area contributed by atoms with Crippen LogP contribution in [0.4, 0.5) is 10.5 Å². The molecule has 0 aromatic heterocycles. The molecule has 0 saturated heterocycles. The number of anilines is 1. The van der Waals surface area contributed by atoms with Crippen molar-refractivity contribution in [2.75, 3.05) is 32.5 Å². The summed E-state index contributed by atoms with van der Waals surface area (Å²) in [6.07, 6.45) is 3.39. The number of nitrogens with zero attached hydrogens (tertiary/aromatic N) is 2. The minimum absolute atomic E-state index is 0.126. The lowest BCUT2D eigenvalue weighted by Gasteiger charge is -2.25. The van der Waals surface area contributed by atoms with Gasteiger partial charge in [0.2, 0.25) is 5.91 Å². The zero-order valence-electron chi connectivity index (χ0n) is 16.6. The van der Waals surface area contributed by atoms with Gasteiger partial charge in [-0.3, -0.25) is 4.79 Å². The second-order valence-corrected chi connectivity index (χ2v) is 7.55. The van der Waals surface area contributed by atoms with Gasteiger partial charge in [0.1, 0.15) is 0 Å². The quantitative estimate of drug-likeness (QED) is 0.775. The number of hydrogen-bond donors (Lipinski definition) is 2. The number of aryl methyl sites for hydroxylation is 2. The maximum atomic E-state index is 12.9. The molecule has 2 aromatic rings. The lowest BCUT2D eigenvalue weighted by atomic mass is 10.1. The van der Waals surface area contributed by atoms with Crippen LogP contribution in [-0.2, 0) is 19.4 Å². The summed E-state index contributed by atoms with van der Waals surface area (Å²) in [7, 11) is 3.97. The Morgan fingerprint density at radius 3 is 2.39 bits per heavy atom. The summed E-state index contributed by atoms with van der Waals surface area (Å²) in [5, 5.41) is 3.04. The van der Waals surface area contributed by atoms with Gasteiger partial charge in [-0.25, -0.2) is 4.79 Å². The van der Waals surface area contributed by atoms with E-state index >= 15 is 0 Å². The molecule has 1 aliphatic rings. The number of fused-ring (bicyclic) bond motifs is 1. The Hall–Kier alpha value is -2.86. The number of carbonyl (C=O) groups excluding carboxylic acids is 2. The van der Waals surface area contributed by atoms with Gasteiger partial charge < -0.3 is 20.9 Å². The molecule has 3 N–H and O–H groups in total. The van der Waals surface area contributed by atoms with Crippen LogP contribution in [0.5, 0.6) is 0 Å². The third kappa shape index (κ3) is 5.10. The van der Waals surface area contributed by atoms with Crippen molar-refractivity contribution < 1.29 is 9.59 Å². The molecule has 0 spiro atoms. The van der Waals surface area contributed by atoms with Gasteiger partial charge in [0.05, 0.1) is 0 Å². The summed E-state index contributed by atoms with van der Waals surface area (Å²) in [4.78, 5) is 28.0. The van der Waals surface area contributed by atoms with Crippen molar-refractivity contribution in [3.8, 4) is 0 Å². The Morgan fingerprint density at radius 2 is 1.71 bits per heavy atom. The zero-order valence-corrected chi connectivity index (χ0v) is 16.6. The van der Waals surface area contributed by atoms with E-state index in [1.54, 1.807) is 17.0 Å². The molecule has 6 heteroatoms. The van der Waals surface area contributed by atoms with Crippen LogP contribution in [0, 0.1) is 0 Å².